The third-order valence-electron chi connectivity index (χ3n) is 7.01. The molecule has 6 nitrogen and oxygen atoms in total. The standard InChI is InChI=1S/C27H30F3N3O3/c1-18-5-4-6-21(17-18)24(34)31-23(26(36)32-13-2-3-14-32)19-11-15-33(16-12-19)25(35)20-7-9-22(10-8-20)27(28,29)30/h4-10,17,19,23H,2-3,11-16H2,1H3,(H,31,34). The predicted octanol–water partition coefficient (Wildman–Crippen LogP) is 4.29. The van der Waals surface area contributed by atoms with Crippen LogP contribution in [0.5, 0.6) is 0 Å². The Morgan fingerprint density at radius 2 is 1.53 bits per heavy atom. The van der Waals surface area contributed by atoms with E-state index in [1.165, 1.54) is 12.1 Å². The molecular formula is C27H30F3N3O3. The lowest BCUT2D eigenvalue weighted by molar-refractivity contribution is -0.137. The molecule has 36 heavy (non-hydrogen) atoms. The van der Waals surface area contributed by atoms with Gasteiger partial charge in [0, 0.05) is 37.3 Å². The zero-order valence-electron chi connectivity index (χ0n) is 20.2. The fourth-order valence-electron chi connectivity index (χ4n) is 4.95. The summed E-state index contributed by atoms with van der Waals surface area (Å²) in [6.07, 6.45) is -1.58. The fourth-order valence-corrected chi connectivity index (χ4v) is 4.95. The van der Waals surface area contributed by atoms with Gasteiger partial charge in [-0.05, 0) is 74.9 Å². The molecule has 0 radical (unpaired) electrons. The molecule has 2 fully saturated rings. The first-order valence-electron chi connectivity index (χ1n) is 12.3. The molecule has 9 heteroatoms. The molecule has 0 aromatic heterocycles. The molecule has 2 aliphatic heterocycles. The third kappa shape index (κ3) is 5.88. The Hall–Kier alpha value is -3.36. The van der Waals surface area contributed by atoms with Crippen molar-refractivity contribution >= 4 is 17.7 Å². The van der Waals surface area contributed by atoms with Crippen LogP contribution in [0.25, 0.3) is 0 Å². The molecule has 3 amide bonds. The first-order chi connectivity index (χ1) is 17.1. The molecule has 2 heterocycles. The zero-order chi connectivity index (χ0) is 25.9. The van der Waals surface area contributed by atoms with Crippen molar-refractivity contribution in [3.63, 3.8) is 0 Å². The minimum absolute atomic E-state index is 0.0963. The number of amides is 3. The van der Waals surface area contributed by atoms with Crippen LogP contribution in [0.4, 0.5) is 13.2 Å². The number of aryl methyl sites for hydroxylation is 1. The number of piperidine rings is 1. The van der Waals surface area contributed by atoms with E-state index in [0.717, 1.165) is 30.5 Å². The van der Waals surface area contributed by atoms with Gasteiger partial charge in [0.05, 0.1) is 5.56 Å². The SMILES string of the molecule is Cc1cccc(C(=O)NC(C(=O)N2CCCC2)C2CCN(C(=O)c3ccc(C(F)(F)F)cc3)CC2)c1. The van der Waals surface area contributed by atoms with E-state index in [4.69, 9.17) is 0 Å². The van der Waals surface area contributed by atoms with Gasteiger partial charge in [-0.3, -0.25) is 14.4 Å². The summed E-state index contributed by atoms with van der Waals surface area (Å²) in [5.74, 6) is -0.891. The average molecular weight is 502 g/mol. The van der Waals surface area contributed by atoms with Gasteiger partial charge in [0.15, 0.2) is 0 Å². The van der Waals surface area contributed by atoms with Crippen LogP contribution in [0.15, 0.2) is 48.5 Å². The number of nitrogens with one attached hydrogen (secondary N) is 1. The molecule has 0 saturated carbocycles. The molecular weight excluding hydrogens is 471 g/mol. The van der Waals surface area contributed by atoms with Crippen molar-refractivity contribution in [2.24, 2.45) is 5.92 Å². The number of alkyl halides is 3. The summed E-state index contributed by atoms with van der Waals surface area (Å²) in [7, 11) is 0. The first kappa shape index (κ1) is 25.7. The van der Waals surface area contributed by atoms with E-state index in [-0.39, 0.29) is 29.2 Å². The lowest BCUT2D eigenvalue weighted by atomic mass is 9.88. The van der Waals surface area contributed by atoms with Crippen LogP contribution < -0.4 is 5.32 Å². The van der Waals surface area contributed by atoms with Gasteiger partial charge in [0.2, 0.25) is 5.91 Å². The molecule has 2 aromatic rings. The highest BCUT2D eigenvalue weighted by Gasteiger charge is 2.37. The maximum Gasteiger partial charge on any atom is 0.416 e. The minimum atomic E-state index is -4.46. The van der Waals surface area contributed by atoms with Crippen LogP contribution in [-0.4, -0.2) is 59.7 Å². The summed E-state index contributed by atoms with van der Waals surface area (Å²) >= 11 is 0. The van der Waals surface area contributed by atoms with Gasteiger partial charge in [-0.1, -0.05) is 17.7 Å². The Kier molecular flexibility index (Phi) is 7.66. The van der Waals surface area contributed by atoms with Gasteiger partial charge in [-0.15, -0.1) is 0 Å². The number of rotatable bonds is 5. The van der Waals surface area contributed by atoms with Gasteiger partial charge < -0.3 is 15.1 Å². The largest absolute Gasteiger partial charge is 0.416 e. The van der Waals surface area contributed by atoms with E-state index in [9.17, 15) is 27.6 Å². The van der Waals surface area contributed by atoms with Gasteiger partial charge in [0.25, 0.3) is 11.8 Å². The third-order valence-corrected chi connectivity index (χ3v) is 7.01. The maximum absolute atomic E-state index is 13.4. The van der Waals surface area contributed by atoms with Crippen molar-refractivity contribution in [3.05, 3.63) is 70.8 Å². The Bertz CT molecular complexity index is 1100. The van der Waals surface area contributed by atoms with Crippen LogP contribution in [0, 0.1) is 12.8 Å². The number of nitrogens with zero attached hydrogens (tertiary/aromatic N) is 2. The second kappa shape index (κ2) is 10.7. The van der Waals surface area contributed by atoms with Crippen molar-refractivity contribution in [1.29, 1.82) is 0 Å². The molecule has 1 atom stereocenters. The lowest BCUT2D eigenvalue weighted by Crippen LogP contribution is -2.54. The molecule has 192 valence electrons. The van der Waals surface area contributed by atoms with Crippen molar-refractivity contribution in [2.45, 2.75) is 44.8 Å². The number of carbonyl (C=O) groups is 3. The molecule has 0 spiro atoms. The highest BCUT2D eigenvalue weighted by atomic mass is 19.4. The molecule has 1 unspecified atom stereocenters. The molecule has 0 bridgehead atoms. The van der Waals surface area contributed by atoms with Crippen LogP contribution in [0.2, 0.25) is 0 Å². The molecule has 2 aromatic carbocycles. The van der Waals surface area contributed by atoms with Crippen molar-refractivity contribution in [1.82, 2.24) is 15.1 Å². The number of likely N-dealkylation sites (tertiary alicyclic amines) is 2. The second-order valence-electron chi connectivity index (χ2n) is 9.56. The predicted molar refractivity (Wildman–Crippen MR) is 128 cm³/mol. The minimum Gasteiger partial charge on any atom is -0.341 e. The molecule has 4 rings (SSSR count). The summed E-state index contributed by atoms with van der Waals surface area (Å²) in [4.78, 5) is 42.6. The molecule has 2 aliphatic rings. The van der Waals surface area contributed by atoms with Gasteiger partial charge in [-0.2, -0.15) is 13.2 Å². The number of hydrogen-bond acceptors (Lipinski definition) is 3. The Labute approximate surface area is 208 Å². The number of carbonyl (C=O) groups excluding carboxylic acids is 3. The number of hydrogen-bond donors (Lipinski definition) is 1. The molecule has 2 saturated heterocycles. The summed E-state index contributed by atoms with van der Waals surface area (Å²) in [6, 6.07) is 10.7. The Morgan fingerprint density at radius 1 is 0.889 bits per heavy atom. The highest BCUT2D eigenvalue weighted by molar-refractivity contribution is 5.98. The van der Waals surface area contributed by atoms with Gasteiger partial charge >= 0.3 is 6.18 Å². The first-order valence-corrected chi connectivity index (χ1v) is 12.3. The van der Waals surface area contributed by atoms with Crippen molar-refractivity contribution < 1.29 is 27.6 Å². The summed E-state index contributed by atoms with van der Waals surface area (Å²) in [6.45, 7) is 3.94. The van der Waals surface area contributed by atoms with Crippen LogP contribution >= 0.6 is 0 Å². The fraction of sp³-hybridized carbons (Fsp3) is 0.444. The smallest absolute Gasteiger partial charge is 0.341 e. The monoisotopic (exact) mass is 501 g/mol. The van der Waals surface area contributed by atoms with Crippen molar-refractivity contribution in [3.8, 4) is 0 Å². The van der Waals surface area contributed by atoms with E-state index in [1.54, 1.807) is 28.0 Å². The molecule has 1 N–H and O–H groups in total. The van der Waals surface area contributed by atoms with Crippen LogP contribution in [0.1, 0.15) is 57.5 Å². The van der Waals surface area contributed by atoms with Crippen molar-refractivity contribution in [2.75, 3.05) is 26.2 Å². The summed E-state index contributed by atoms with van der Waals surface area (Å²) in [5, 5.41) is 2.96. The Balaban J connectivity index is 1.44. The van der Waals surface area contributed by atoms with Gasteiger partial charge in [0.1, 0.15) is 6.04 Å². The molecule has 0 aliphatic carbocycles. The summed E-state index contributed by atoms with van der Waals surface area (Å²) in [5.41, 5.74) is 0.827. The Morgan fingerprint density at radius 3 is 2.11 bits per heavy atom. The highest BCUT2D eigenvalue weighted by Crippen LogP contribution is 2.30. The lowest BCUT2D eigenvalue weighted by Gasteiger charge is -2.37. The van der Waals surface area contributed by atoms with Gasteiger partial charge in [-0.25, -0.2) is 0 Å². The zero-order valence-corrected chi connectivity index (χ0v) is 20.2. The average Bonchev–Trinajstić information content (AvgIpc) is 3.41. The number of benzene rings is 2. The topological polar surface area (TPSA) is 69.7 Å². The van der Waals surface area contributed by atoms with E-state index in [2.05, 4.69) is 5.32 Å². The quantitative estimate of drug-likeness (QED) is 0.665. The van der Waals surface area contributed by atoms with E-state index in [1.807, 2.05) is 13.0 Å². The number of halogens is 3. The van der Waals surface area contributed by atoms with E-state index in [0.29, 0.717) is 44.6 Å². The van der Waals surface area contributed by atoms with E-state index < -0.39 is 17.8 Å². The maximum atomic E-state index is 13.4. The van der Waals surface area contributed by atoms with E-state index >= 15 is 0 Å². The summed E-state index contributed by atoms with van der Waals surface area (Å²) < 4.78 is 38.5. The van der Waals surface area contributed by atoms with Crippen LogP contribution in [-0.2, 0) is 11.0 Å². The normalized spacial score (nSPS) is 17.7. The second-order valence-corrected chi connectivity index (χ2v) is 9.56. The van der Waals surface area contributed by atoms with Crippen LogP contribution in [0.3, 0.4) is 0 Å².